The molecule has 2 heteroatoms. The minimum Gasteiger partial charge on any atom is -0.396 e. The minimum atomic E-state index is 0.340. The van der Waals surface area contributed by atoms with Crippen molar-refractivity contribution in [2.45, 2.75) is 127 Å². The van der Waals surface area contributed by atoms with Crippen molar-refractivity contribution in [1.29, 1.82) is 0 Å². The van der Waals surface area contributed by atoms with Crippen molar-refractivity contribution in [3.05, 3.63) is 0 Å². The number of halogens is 1. The van der Waals surface area contributed by atoms with Gasteiger partial charge in [-0.25, -0.2) is 0 Å². The summed E-state index contributed by atoms with van der Waals surface area (Å²) in [6.45, 7) is 2.65. The van der Waals surface area contributed by atoms with Gasteiger partial charge in [-0.1, -0.05) is 113 Å². The molecule has 1 rings (SSSR count). The van der Waals surface area contributed by atoms with Crippen molar-refractivity contribution in [3.8, 4) is 0 Å². The lowest BCUT2D eigenvalue weighted by molar-refractivity contribution is 0.191. The van der Waals surface area contributed by atoms with Gasteiger partial charge in [0.15, 0.2) is 0 Å². The maximum absolute atomic E-state index is 9.30. The number of alkyl halides is 1. The maximum Gasteiger partial charge on any atom is 0.0434 e. The lowest BCUT2D eigenvalue weighted by atomic mass is 9.75. The number of hydrogen-bond acceptors (Lipinski definition) is 1. The molecule has 144 valence electrons. The molecule has 0 amide bonds. The molecule has 2 atom stereocenters. The number of hydrogen-bond donors (Lipinski definition) is 1. The molecule has 24 heavy (non-hydrogen) atoms. The van der Waals surface area contributed by atoms with Gasteiger partial charge in [0, 0.05) is 10.9 Å². The van der Waals surface area contributed by atoms with Crippen LogP contribution in [-0.4, -0.2) is 16.0 Å². The number of unbranched alkanes of at least 4 members (excludes halogenated alkanes) is 11. The van der Waals surface area contributed by atoms with Crippen LogP contribution in [0.4, 0.5) is 0 Å². The van der Waals surface area contributed by atoms with Crippen molar-refractivity contribution < 1.29 is 5.11 Å². The van der Waals surface area contributed by atoms with Crippen LogP contribution in [0.15, 0.2) is 0 Å². The van der Waals surface area contributed by atoms with Gasteiger partial charge >= 0.3 is 0 Å². The zero-order chi connectivity index (χ0) is 17.5. The van der Waals surface area contributed by atoms with Gasteiger partial charge in [-0.05, 0) is 31.6 Å². The number of rotatable bonds is 15. The zero-order valence-corrected chi connectivity index (χ0v) is 17.9. The van der Waals surface area contributed by atoms with Crippen LogP contribution >= 0.6 is 15.9 Å². The summed E-state index contributed by atoms with van der Waals surface area (Å²) in [5, 5.41) is 9.30. The first-order valence-corrected chi connectivity index (χ1v) is 11.8. The molecule has 1 aliphatic rings. The second-order valence-corrected chi connectivity index (χ2v) is 9.71. The molecule has 0 saturated heterocycles. The average molecular weight is 403 g/mol. The predicted molar refractivity (Wildman–Crippen MR) is 111 cm³/mol. The van der Waals surface area contributed by atoms with E-state index in [2.05, 4.69) is 22.9 Å². The molecular weight excluding hydrogens is 360 g/mol. The monoisotopic (exact) mass is 402 g/mol. The zero-order valence-electron chi connectivity index (χ0n) is 16.3. The summed E-state index contributed by atoms with van der Waals surface area (Å²) in [6.07, 6.45) is 24.8. The standard InChI is InChI=1S/C22H43BrO/c1-2-3-4-5-6-7-8-9-10-11-12-14-18-22(23)19-15-13-16-21(22)17-20-24/h21,24H,2-20H2,1H3. The summed E-state index contributed by atoms with van der Waals surface area (Å²) < 4.78 is 0.340. The van der Waals surface area contributed by atoms with Gasteiger partial charge in [0.2, 0.25) is 0 Å². The van der Waals surface area contributed by atoms with Gasteiger partial charge < -0.3 is 5.11 Å². The molecule has 1 saturated carbocycles. The third-order valence-electron chi connectivity index (χ3n) is 6.05. The van der Waals surface area contributed by atoms with Crippen LogP contribution in [0.5, 0.6) is 0 Å². The summed E-state index contributed by atoms with van der Waals surface area (Å²) in [4.78, 5) is 0. The van der Waals surface area contributed by atoms with Crippen LogP contribution in [0, 0.1) is 5.92 Å². The maximum atomic E-state index is 9.30. The Balaban J connectivity index is 1.95. The molecule has 0 heterocycles. The van der Waals surface area contributed by atoms with Gasteiger partial charge in [0.25, 0.3) is 0 Å². The summed E-state index contributed by atoms with van der Waals surface area (Å²) in [6, 6.07) is 0. The lowest BCUT2D eigenvalue weighted by Crippen LogP contribution is -2.35. The first-order valence-electron chi connectivity index (χ1n) is 11.0. The molecule has 0 aromatic carbocycles. The van der Waals surface area contributed by atoms with Crippen molar-refractivity contribution in [2.75, 3.05) is 6.61 Å². The molecular formula is C22H43BrO. The normalized spacial score (nSPS) is 24.4. The van der Waals surface area contributed by atoms with Crippen molar-refractivity contribution in [2.24, 2.45) is 5.92 Å². The highest BCUT2D eigenvalue weighted by atomic mass is 79.9. The summed E-state index contributed by atoms with van der Waals surface area (Å²) in [7, 11) is 0. The van der Waals surface area contributed by atoms with E-state index in [-0.39, 0.29) is 0 Å². The molecule has 0 aromatic rings. The molecule has 0 radical (unpaired) electrons. The Kier molecular flexibility index (Phi) is 13.7. The Labute approximate surface area is 160 Å². The van der Waals surface area contributed by atoms with Gasteiger partial charge in [-0.15, -0.1) is 0 Å². The third-order valence-corrected chi connectivity index (χ3v) is 7.49. The second-order valence-electron chi connectivity index (χ2n) is 8.13. The highest BCUT2D eigenvalue weighted by molar-refractivity contribution is 9.10. The van der Waals surface area contributed by atoms with Crippen LogP contribution < -0.4 is 0 Å². The Morgan fingerprint density at radius 1 is 0.833 bits per heavy atom. The summed E-state index contributed by atoms with van der Waals surface area (Å²) in [5.41, 5.74) is 0. The van der Waals surface area contributed by atoms with Gasteiger partial charge in [-0.2, -0.15) is 0 Å². The topological polar surface area (TPSA) is 20.2 Å². The molecule has 1 N–H and O–H groups in total. The number of aliphatic hydroxyl groups excluding tert-OH is 1. The molecule has 2 unspecified atom stereocenters. The summed E-state index contributed by atoms with van der Waals surface area (Å²) >= 11 is 4.08. The Hall–Kier alpha value is 0.440. The molecule has 0 spiro atoms. The van der Waals surface area contributed by atoms with Crippen LogP contribution in [-0.2, 0) is 0 Å². The minimum absolute atomic E-state index is 0.340. The van der Waals surface area contributed by atoms with E-state index >= 15 is 0 Å². The SMILES string of the molecule is CCCCCCCCCCCCCCC1(Br)CCCCC1CCO. The molecule has 0 bridgehead atoms. The number of aliphatic hydroxyl groups is 1. The first kappa shape index (κ1) is 22.5. The van der Waals surface area contributed by atoms with Crippen molar-refractivity contribution in [1.82, 2.24) is 0 Å². The second kappa shape index (κ2) is 14.6. The predicted octanol–water partition coefficient (Wildman–Crippen LogP) is 7.78. The molecule has 1 fully saturated rings. The fraction of sp³-hybridized carbons (Fsp3) is 1.00. The molecule has 0 aliphatic heterocycles. The average Bonchev–Trinajstić information content (AvgIpc) is 2.58. The van der Waals surface area contributed by atoms with E-state index < -0.39 is 0 Å². The molecule has 0 aromatic heterocycles. The van der Waals surface area contributed by atoms with E-state index in [1.165, 1.54) is 109 Å². The van der Waals surface area contributed by atoms with Gasteiger partial charge in [0.1, 0.15) is 0 Å². The summed E-state index contributed by atoms with van der Waals surface area (Å²) in [5.74, 6) is 0.698. The smallest absolute Gasteiger partial charge is 0.0434 e. The Morgan fingerprint density at radius 3 is 1.92 bits per heavy atom. The molecule has 1 nitrogen and oxygen atoms in total. The van der Waals surface area contributed by atoms with E-state index in [4.69, 9.17) is 0 Å². The van der Waals surface area contributed by atoms with Crippen molar-refractivity contribution in [3.63, 3.8) is 0 Å². The van der Waals surface area contributed by atoms with E-state index in [1.54, 1.807) is 0 Å². The lowest BCUT2D eigenvalue weighted by Gasteiger charge is -2.40. The highest BCUT2D eigenvalue weighted by Crippen LogP contribution is 2.45. The van der Waals surface area contributed by atoms with Crippen LogP contribution in [0.3, 0.4) is 0 Å². The van der Waals surface area contributed by atoms with Gasteiger partial charge in [-0.3, -0.25) is 0 Å². The highest BCUT2D eigenvalue weighted by Gasteiger charge is 2.37. The van der Waals surface area contributed by atoms with E-state index in [1.807, 2.05) is 0 Å². The van der Waals surface area contributed by atoms with E-state index in [0.29, 0.717) is 16.8 Å². The van der Waals surface area contributed by atoms with Crippen LogP contribution in [0.2, 0.25) is 0 Å². The molecule has 1 aliphatic carbocycles. The van der Waals surface area contributed by atoms with Crippen LogP contribution in [0.1, 0.15) is 122 Å². The Bertz CT molecular complexity index is 279. The van der Waals surface area contributed by atoms with Crippen LogP contribution in [0.25, 0.3) is 0 Å². The fourth-order valence-electron chi connectivity index (χ4n) is 4.42. The third kappa shape index (κ3) is 9.80. The van der Waals surface area contributed by atoms with Gasteiger partial charge in [0.05, 0.1) is 0 Å². The first-order chi connectivity index (χ1) is 11.7. The fourth-order valence-corrected chi connectivity index (χ4v) is 5.44. The Morgan fingerprint density at radius 2 is 1.38 bits per heavy atom. The van der Waals surface area contributed by atoms with Crippen molar-refractivity contribution >= 4 is 15.9 Å². The quantitative estimate of drug-likeness (QED) is 0.219. The van der Waals surface area contributed by atoms with E-state index in [9.17, 15) is 5.11 Å². The largest absolute Gasteiger partial charge is 0.396 e. The van der Waals surface area contributed by atoms with E-state index in [0.717, 1.165) is 6.42 Å².